The second-order valence-electron chi connectivity index (χ2n) is 6.77. The molecular weight excluding hydrogens is 260 g/mol. The van der Waals surface area contributed by atoms with E-state index in [1.54, 1.807) is 0 Å². The van der Waals surface area contributed by atoms with Crippen LogP contribution in [0, 0.1) is 5.92 Å². The third-order valence-electron chi connectivity index (χ3n) is 5.23. The molecule has 1 saturated heterocycles. The van der Waals surface area contributed by atoms with Crippen molar-refractivity contribution in [3.05, 3.63) is 11.9 Å². The Bertz CT molecular complexity index is 448. The highest BCUT2D eigenvalue weighted by atomic mass is 15.3. The lowest BCUT2D eigenvalue weighted by molar-refractivity contribution is 0.346. The van der Waals surface area contributed by atoms with Crippen molar-refractivity contribution in [2.45, 2.75) is 64.3 Å². The number of hydrogen-bond donors (Lipinski definition) is 1. The maximum atomic E-state index is 5.90. The molecule has 1 unspecified atom stereocenters. The fourth-order valence-corrected chi connectivity index (χ4v) is 3.90. The van der Waals surface area contributed by atoms with Gasteiger partial charge in [0.25, 0.3) is 0 Å². The summed E-state index contributed by atoms with van der Waals surface area (Å²) in [5.74, 6) is 1.86. The minimum atomic E-state index is 0.639. The van der Waals surface area contributed by atoms with E-state index in [4.69, 9.17) is 10.7 Å². The molecule has 1 aromatic rings. The largest absolute Gasteiger partial charge is 0.342 e. The highest BCUT2D eigenvalue weighted by Gasteiger charge is 2.26. The van der Waals surface area contributed by atoms with E-state index in [2.05, 4.69) is 22.6 Å². The third kappa shape index (κ3) is 3.25. The average molecular weight is 290 g/mol. The van der Waals surface area contributed by atoms with Gasteiger partial charge < -0.3 is 15.2 Å². The van der Waals surface area contributed by atoms with Crippen LogP contribution in [0.3, 0.4) is 0 Å². The minimum absolute atomic E-state index is 0.639. The zero-order chi connectivity index (χ0) is 14.7. The molecule has 0 amide bonds. The molecule has 118 valence electrons. The fourth-order valence-electron chi connectivity index (χ4n) is 3.90. The molecule has 1 saturated carbocycles. The predicted molar refractivity (Wildman–Crippen MR) is 87.7 cm³/mol. The molecule has 2 fully saturated rings. The molecule has 2 N–H and O–H groups in total. The van der Waals surface area contributed by atoms with Crippen molar-refractivity contribution < 1.29 is 0 Å². The number of aryl methyl sites for hydroxylation is 1. The smallest absolute Gasteiger partial charge is 0.205 e. The summed E-state index contributed by atoms with van der Waals surface area (Å²) >= 11 is 0. The first-order valence-corrected chi connectivity index (χ1v) is 8.84. The Hall–Kier alpha value is -1.03. The number of rotatable bonds is 4. The third-order valence-corrected chi connectivity index (χ3v) is 5.23. The van der Waals surface area contributed by atoms with Crippen LogP contribution in [0.15, 0.2) is 6.20 Å². The molecule has 0 aromatic carbocycles. The number of nitrogens with two attached hydrogens (primary N) is 1. The molecule has 1 aromatic heterocycles. The second kappa shape index (κ2) is 6.82. The number of imidazole rings is 1. The monoisotopic (exact) mass is 290 g/mol. The van der Waals surface area contributed by atoms with Gasteiger partial charge in [0.2, 0.25) is 5.95 Å². The van der Waals surface area contributed by atoms with Gasteiger partial charge in [-0.25, -0.2) is 4.98 Å². The molecule has 1 atom stereocenters. The molecule has 2 heterocycles. The van der Waals surface area contributed by atoms with Crippen LogP contribution >= 0.6 is 0 Å². The van der Waals surface area contributed by atoms with Crippen LogP contribution in [0.25, 0.3) is 0 Å². The van der Waals surface area contributed by atoms with Crippen molar-refractivity contribution in [3.8, 4) is 0 Å². The van der Waals surface area contributed by atoms with Gasteiger partial charge in [-0.3, -0.25) is 0 Å². The zero-order valence-corrected chi connectivity index (χ0v) is 13.4. The summed E-state index contributed by atoms with van der Waals surface area (Å²) in [4.78, 5) is 7.44. The standard InChI is InChI=1S/C17H30N4/c1-2-15-13-21(16-8-4-3-5-9-16)17(19-15)20-10-6-7-14(11-18)12-20/h13-14,16H,2-12,18H2,1H3. The van der Waals surface area contributed by atoms with E-state index in [9.17, 15) is 0 Å². The number of nitrogens with zero attached hydrogens (tertiary/aromatic N) is 3. The van der Waals surface area contributed by atoms with Gasteiger partial charge in [-0.1, -0.05) is 26.2 Å². The molecule has 0 radical (unpaired) electrons. The van der Waals surface area contributed by atoms with Gasteiger partial charge >= 0.3 is 0 Å². The first-order chi connectivity index (χ1) is 10.3. The quantitative estimate of drug-likeness (QED) is 0.926. The topological polar surface area (TPSA) is 47.1 Å². The van der Waals surface area contributed by atoms with Gasteiger partial charge in [-0.2, -0.15) is 0 Å². The number of piperidine rings is 1. The van der Waals surface area contributed by atoms with Crippen molar-refractivity contribution in [1.82, 2.24) is 9.55 Å². The normalized spacial score (nSPS) is 24.5. The number of anilines is 1. The lowest BCUT2D eigenvalue weighted by atomic mass is 9.95. The van der Waals surface area contributed by atoms with Gasteiger partial charge in [0.15, 0.2) is 0 Å². The van der Waals surface area contributed by atoms with Crippen LogP contribution in [-0.2, 0) is 6.42 Å². The summed E-state index contributed by atoms with van der Waals surface area (Å²) in [7, 11) is 0. The predicted octanol–water partition coefficient (Wildman–Crippen LogP) is 3.13. The highest BCUT2D eigenvalue weighted by molar-refractivity contribution is 5.35. The summed E-state index contributed by atoms with van der Waals surface area (Å²) in [6, 6.07) is 0.666. The van der Waals surface area contributed by atoms with Crippen molar-refractivity contribution in [2.75, 3.05) is 24.5 Å². The van der Waals surface area contributed by atoms with Gasteiger partial charge in [0.1, 0.15) is 0 Å². The van der Waals surface area contributed by atoms with Crippen molar-refractivity contribution in [1.29, 1.82) is 0 Å². The maximum absolute atomic E-state index is 5.90. The van der Waals surface area contributed by atoms with Crippen LogP contribution in [0.2, 0.25) is 0 Å². The number of hydrogen-bond acceptors (Lipinski definition) is 3. The van der Waals surface area contributed by atoms with E-state index in [-0.39, 0.29) is 0 Å². The molecular formula is C17H30N4. The molecule has 4 nitrogen and oxygen atoms in total. The Morgan fingerprint density at radius 3 is 2.71 bits per heavy atom. The number of aromatic nitrogens is 2. The van der Waals surface area contributed by atoms with E-state index < -0.39 is 0 Å². The molecule has 0 spiro atoms. The lowest BCUT2D eigenvalue weighted by Crippen LogP contribution is -2.40. The zero-order valence-electron chi connectivity index (χ0n) is 13.4. The van der Waals surface area contributed by atoms with Crippen molar-refractivity contribution in [2.24, 2.45) is 11.7 Å². The molecule has 3 rings (SSSR count). The Morgan fingerprint density at radius 2 is 2.00 bits per heavy atom. The van der Waals surface area contributed by atoms with E-state index >= 15 is 0 Å². The average Bonchev–Trinajstić information content (AvgIpc) is 3.00. The summed E-state index contributed by atoms with van der Waals surface area (Å²) in [5, 5.41) is 0. The molecule has 1 aliphatic heterocycles. The molecule has 0 bridgehead atoms. The van der Waals surface area contributed by atoms with Crippen LogP contribution in [0.4, 0.5) is 5.95 Å². The van der Waals surface area contributed by atoms with Crippen LogP contribution in [-0.4, -0.2) is 29.2 Å². The summed E-state index contributed by atoms with van der Waals surface area (Å²) in [5.41, 5.74) is 7.14. The lowest BCUT2D eigenvalue weighted by Gasteiger charge is -2.35. The Balaban J connectivity index is 1.83. The maximum Gasteiger partial charge on any atom is 0.205 e. The van der Waals surface area contributed by atoms with Gasteiger partial charge in [0.05, 0.1) is 5.69 Å². The molecule has 2 aliphatic rings. The second-order valence-corrected chi connectivity index (χ2v) is 6.77. The van der Waals surface area contributed by atoms with E-state index in [0.29, 0.717) is 12.0 Å². The molecule has 4 heteroatoms. The summed E-state index contributed by atoms with van der Waals surface area (Å²) < 4.78 is 2.50. The van der Waals surface area contributed by atoms with E-state index in [0.717, 1.165) is 26.1 Å². The Labute approximate surface area is 128 Å². The molecule has 21 heavy (non-hydrogen) atoms. The minimum Gasteiger partial charge on any atom is -0.342 e. The van der Waals surface area contributed by atoms with E-state index in [1.807, 2.05) is 0 Å². The van der Waals surface area contributed by atoms with Gasteiger partial charge in [-0.15, -0.1) is 0 Å². The SMILES string of the molecule is CCc1cn(C2CCCCC2)c(N2CCCC(CN)C2)n1. The summed E-state index contributed by atoms with van der Waals surface area (Å²) in [6.07, 6.45) is 12.7. The van der Waals surface area contributed by atoms with Crippen molar-refractivity contribution >= 4 is 5.95 Å². The van der Waals surface area contributed by atoms with Crippen molar-refractivity contribution in [3.63, 3.8) is 0 Å². The Morgan fingerprint density at radius 1 is 1.19 bits per heavy atom. The molecule has 1 aliphatic carbocycles. The van der Waals surface area contributed by atoms with Gasteiger partial charge in [-0.05, 0) is 44.6 Å². The van der Waals surface area contributed by atoms with Gasteiger partial charge in [0, 0.05) is 25.3 Å². The van der Waals surface area contributed by atoms with E-state index in [1.165, 1.54) is 56.6 Å². The van der Waals surface area contributed by atoms with Crippen LogP contribution < -0.4 is 10.6 Å². The fraction of sp³-hybridized carbons (Fsp3) is 0.824. The van der Waals surface area contributed by atoms with Crippen LogP contribution in [0.5, 0.6) is 0 Å². The first-order valence-electron chi connectivity index (χ1n) is 8.84. The Kier molecular flexibility index (Phi) is 4.84. The van der Waals surface area contributed by atoms with Crippen LogP contribution in [0.1, 0.15) is 63.6 Å². The first kappa shape index (κ1) is 14.9. The highest BCUT2D eigenvalue weighted by Crippen LogP contribution is 2.33. The summed E-state index contributed by atoms with van der Waals surface area (Å²) in [6.45, 7) is 5.24.